The highest BCUT2D eigenvalue weighted by atomic mass is 15.2. The van der Waals surface area contributed by atoms with E-state index in [2.05, 4.69) is 53.0 Å². The average Bonchev–Trinajstić information content (AvgIpc) is 2.60. The van der Waals surface area contributed by atoms with Gasteiger partial charge in [-0.1, -0.05) is 25.1 Å². The van der Waals surface area contributed by atoms with Crippen molar-refractivity contribution in [2.75, 3.05) is 11.4 Å². The first-order valence-corrected chi connectivity index (χ1v) is 8.19. The standard InChI is InChI=1S/C19H20N4/c1-3-19-20-11-14-8-9-23(12-17(14)22-19)18-10-13(2)21-16-7-5-4-6-15(16)18/h4-7,10-11H,3,8-9,12H2,1-2H3. The van der Waals surface area contributed by atoms with E-state index in [0.717, 1.165) is 43.0 Å². The molecule has 4 nitrogen and oxygen atoms in total. The summed E-state index contributed by atoms with van der Waals surface area (Å²) in [6.45, 7) is 6.00. The molecule has 0 aliphatic carbocycles. The molecule has 4 rings (SSSR count). The molecule has 4 heteroatoms. The molecule has 0 spiro atoms. The predicted molar refractivity (Wildman–Crippen MR) is 92.6 cm³/mol. The number of fused-ring (bicyclic) bond motifs is 2. The molecule has 1 aliphatic rings. The molecule has 23 heavy (non-hydrogen) atoms. The van der Waals surface area contributed by atoms with Gasteiger partial charge in [-0.2, -0.15) is 0 Å². The summed E-state index contributed by atoms with van der Waals surface area (Å²) in [7, 11) is 0. The van der Waals surface area contributed by atoms with Gasteiger partial charge in [0.25, 0.3) is 0 Å². The van der Waals surface area contributed by atoms with Gasteiger partial charge in [0, 0.05) is 35.9 Å². The van der Waals surface area contributed by atoms with Gasteiger partial charge in [0.1, 0.15) is 5.82 Å². The molecular formula is C19H20N4. The van der Waals surface area contributed by atoms with Gasteiger partial charge in [0.2, 0.25) is 0 Å². The Kier molecular flexibility index (Phi) is 3.45. The van der Waals surface area contributed by atoms with Crippen LogP contribution in [0.3, 0.4) is 0 Å². The van der Waals surface area contributed by atoms with Crippen LogP contribution in [0, 0.1) is 6.92 Å². The summed E-state index contributed by atoms with van der Waals surface area (Å²) in [4.78, 5) is 16.2. The van der Waals surface area contributed by atoms with Crippen molar-refractivity contribution >= 4 is 16.6 Å². The number of hydrogen-bond donors (Lipinski definition) is 0. The second-order valence-corrected chi connectivity index (χ2v) is 6.08. The zero-order chi connectivity index (χ0) is 15.8. The van der Waals surface area contributed by atoms with Crippen LogP contribution in [0.2, 0.25) is 0 Å². The molecule has 0 saturated carbocycles. The van der Waals surface area contributed by atoms with Crippen LogP contribution in [-0.2, 0) is 19.4 Å². The van der Waals surface area contributed by atoms with Crippen LogP contribution in [0.25, 0.3) is 10.9 Å². The molecule has 0 atom stereocenters. The molecule has 116 valence electrons. The van der Waals surface area contributed by atoms with Crippen LogP contribution in [0.15, 0.2) is 36.5 Å². The van der Waals surface area contributed by atoms with E-state index >= 15 is 0 Å². The number of anilines is 1. The van der Waals surface area contributed by atoms with Crippen LogP contribution >= 0.6 is 0 Å². The van der Waals surface area contributed by atoms with E-state index in [1.807, 2.05) is 12.3 Å². The quantitative estimate of drug-likeness (QED) is 0.727. The first-order valence-electron chi connectivity index (χ1n) is 8.19. The Morgan fingerprint density at radius 1 is 1.17 bits per heavy atom. The second kappa shape index (κ2) is 5.61. The minimum absolute atomic E-state index is 0.846. The third-order valence-electron chi connectivity index (χ3n) is 4.48. The van der Waals surface area contributed by atoms with E-state index < -0.39 is 0 Å². The van der Waals surface area contributed by atoms with Crippen molar-refractivity contribution in [3.63, 3.8) is 0 Å². The number of aromatic nitrogens is 3. The molecule has 0 saturated heterocycles. The lowest BCUT2D eigenvalue weighted by molar-refractivity contribution is 0.694. The zero-order valence-corrected chi connectivity index (χ0v) is 13.6. The fourth-order valence-electron chi connectivity index (χ4n) is 3.27. The minimum atomic E-state index is 0.846. The van der Waals surface area contributed by atoms with Crippen molar-refractivity contribution in [1.82, 2.24) is 15.0 Å². The molecule has 1 aliphatic heterocycles. The van der Waals surface area contributed by atoms with Crippen molar-refractivity contribution in [2.24, 2.45) is 0 Å². The van der Waals surface area contributed by atoms with Crippen LogP contribution in [0.4, 0.5) is 5.69 Å². The molecule has 0 N–H and O–H groups in total. The predicted octanol–water partition coefficient (Wildman–Crippen LogP) is 3.46. The van der Waals surface area contributed by atoms with Gasteiger partial charge in [-0.05, 0) is 31.0 Å². The zero-order valence-electron chi connectivity index (χ0n) is 13.6. The number of aryl methyl sites for hydroxylation is 2. The lowest BCUT2D eigenvalue weighted by atomic mass is 10.0. The fraction of sp³-hybridized carbons (Fsp3) is 0.316. The normalized spacial score (nSPS) is 14.1. The summed E-state index contributed by atoms with van der Waals surface area (Å²) in [5, 5.41) is 1.21. The van der Waals surface area contributed by atoms with E-state index in [4.69, 9.17) is 4.98 Å². The Morgan fingerprint density at radius 3 is 2.91 bits per heavy atom. The second-order valence-electron chi connectivity index (χ2n) is 6.08. The van der Waals surface area contributed by atoms with E-state index in [0.29, 0.717) is 0 Å². The Hall–Kier alpha value is -2.49. The van der Waals surface area contributed by atoms with Gasteiger partial charge < -0.3 is 4.90 Å². The highest BCUT2D eigenvalue weighted by Gasteiger charge is 2.20. The number of nitrogens with zero attached hydrogens (tertiary/aromatic N) is 4. The van der Waals surface area contributed by atoms with Gasteiger partial charge in [-0.25, -0.2) is 9.97 Å². The van der Waals surface area contributed by atoms with Gasteiger partial charge >= 0.3 is 0 Å². The summed E-state index contributed by atoms with van der Waals surface area (Å²) < 4.78 is 0. The average molecular weight is 304 g/mol. The van der Waals surface area contributed by atoms with Crippen molar-refractivity contribution in [2.45, 2.75) is 33.2 Å². The van der Waals surface area contributed by atoms with Crippen molar-refractivity contribution in [3.05, 3.63) is 59.3 Å². The van der Waals surface area contributed by atoms with E-state index in [-0.39, 0.29) is 0 Å². The van der Waals surface area contributed by atoms with E-state index in [1.54, 1.807) is 0 Å². The maximum atomic E-state index is 4.74. The van der Waals surface area contributed by atoms with Crippen LogP contribution in [0.1, 0.15) is 29.7 Å². The van der Waals surface area contributed by atoms with Crippen molar-refractivity contribution < 1.29 is 0 Å². The Morgan fingerprint density at radius 2 is 2.04 bits per heavy atom. The van der Waals surface area contributed by atoms with Crippen LogP contribution in [0.5, 0.6) is 0 Å². The molecule has 0 fully saturated rings. The SMILES string of the molecule is CCc1ncc2c(n1)CN(c1cc(C)nc3ccccc13)CC2. The largest absolute Gasteiger partial charge is 0.365 e. The molecule has 0 bridgehead atoms. The Labute approximate surface area is 136 Å². The van der Waals surface area contributed by atoms with Gasteiger partial charge in [0.15, 0.2) is 0 Å². The lowest BCUT2D eigenvalue weighted by Crippen LogP contribution is -2.31. The van der Waals surface area contributed by atoms with Crippen molar-refractivity contribution in [3.8, 4) is 0 Å². The third-order valence-corrected chi connectivity index (χ3v) is 4.48. The Balaban J connectivity index is 1.77. The smallest absolute Gasteiger partial charge is 0.128 e. The first-order chi connectivity index (χ1) is 11.2. The van der Waals surface area contributed by atoms with Gasteiger partial charge in [-0.3, -0.25) is 4.98 Å². The van der Waals surface area contributed by atoms with E-state index in [9.17, 15) is 0 Å². The van der Waals surface area contributed by atoms with Crippen molar-refractivity contribution in [1.29, 1.82) is 0 Å². The summed E-state index contributed by atoms with van der Waals surface area (Å²) in [6.07, 6.45) is 3.88. The monoisotopic (exact) mass is 304 g/mol. The third kappa shape index (κ3) is 2.54. The minimum Gasteiger partial charge on any atom is -0.365 e. The highest BCUT2D eigenvalue weighted by molar-refractivity contribution is 5.92. The fourth-order valence-corrected chi connectivity index (χ4v) is 3.27. The summed E-state index contributed by atoms with van der Waals surface area (Å²) in [5.74, 6) is 0.932. The molecule has 0 amide bonds. The number of para-hydroxylation sites is 1. The Bertz CT molecular complexity index is 872. The molecule has 3 heterocycles. The lowest BCUT2D eigenvalue weighted by Gasteiger charge is -2.31. The molecule has 1 aromatic carbocycles. The summed E-state index contributed by atoms with van der Waals surface area (Å²) >= 11 is 0. The number of benzene rings is 1. The number of rotatable bonds is 2. The van der Waals surface area contributed by atoms with E-state index in [1.165, 1.54) is 22.3 Å². The highest BCUT2D eigenvalue weighted by Crippen LogP contribution is 2.30. The molecular weight excluding hydrogens is 284 g/mol. The molecule has 0 unspecified atom stereocenters. The number of pyridine rings is 1. The first kappa shape index (κ1) is 14.1. The summed E-state index contributed by atoms with van der Waals surface area (Å²) in [6, 6.07) is 10.6. The van der Waals surface area contributed by atoms with Crippen LogP contribution in [-0.4, -0.2) is 21.5 Å². The molecule has 0 radical (unpaired) electrons. The maximum absolute atomic E-state index is 4.74. The molecule has 3 aromatic rings. The maximum Gasteiger partial charge on any atom is 0.128 e. The van der Waals surface area contributed by atoms with Crippen LogP contribution < -0.4 is 4.90 Å². The van der Waals surface area contributed by atoms with Gasteiger partial charge in [-0.15, -0.1) is 0 Å². The summed E-state index contributed by atoms with van der Waals surface area (Å²) in [5.41, 5.74) is 5.83. The topological polar surface area (TPSA) is 41.9 Å². The molecule has 2 aromatic heterocycles. The van der Waals surface area contributed by atoms with Gasteiger partial charge in [0.05, 0.1) is 17.8 Å². The number of hydrogen-bond acceptors (Lipinski definition) is 4.